The summed E-state index contributed by atoms with van der Waals surface area (Å²) in [6, 6.07) is 48.6. The van der Waals surface area contributed by atoms with Crippen LogP contribution in [-0.2, 0) is 51.8 Å². The molecule has 612 valence electrons. The van der Waals surface area contributed by atoms with E-state index in [4.69, 9.17) is 0 Å². The third-order valence-electron chi connectivity index (χ3n) is 21.3. The first-order chi connectivity index (χ1) is 49.5. The second-order valence-corrected chi connectivity index (χ2v) is 41.6. The summed E-state index contributed by atoms with van der Waals surface area (Å²) in [6.07, 6.45) is -1.83. The molecule has 0 bridgehead atoms. The van der Waals surface area contributed by atoms with Gasteiger partial charge in [-0.2, -0.15) is 13.2 Å². The van der Waals surface area contributed by atoms with Gasteiger partial charge in [0.25, 0.3) is 0 Å². The third-order valence-corrected chi connectivity index (χ3v) is 21.3. The van der Waals surface area contributed by atoms with Gasteiger partial charge >= 0.3 is 6.18 Å². The van der Waals surface area contributed by atoms with Crippen LogP contribution in [0.2, 0.25) is 0 Å². The van der Waals surface area contributed by atoms with Crippen molar-refractivity contribution in [3.63, 3.8) is 0 Å². The predicted molar refractivity (Wildman–Crippen MR) is 488 cm³/mol. The zero-order valence-corrected chi connectivity index (χ0v) is 79.2. The Hall–Kier alpha value is -6.45. The lowest BCUT2D eigenvalue weighted by atomic mass is 9.79. The first-order valence-electron chi connectivity index (χ1n) is 41.3. The summed E-state index contributed by atoms with van der Waals surface area (Å²) in [7, 11) is 0. The zero-order valence-electron chi connectivity index (χ0n) is 79.2. The maximum Gasteiger partial charge on any atom is 0.394 e. The van der Waals surface area contributed by atoms with E-state index in [0.29, 0.717) is 17.3 Å². The van der Waals surface area contributed by atoms with Crippen LogP contribution in [0.25, 0.3) is 0 Å². The average Bonchev–Trinajstić information content (AvgIpc) is 0.628. The topological polar surface area (TPSA) is 0 Å². The molecule has 0 aliphatic heterocycles. The van der Waals surface area contributed by atoms with Crippen molar-refractivity contribution < 1.29 is 13.2 Å². The van der Waals surface area contributed by atoms with Crippen molar-refractivity contribution in [1.82, 2.24) is 0 Å². The van der Waals surface area contributed by atoms with E-state index < -0.39 is 11.6 Å². The molecule has 0 saturated heterocycles. The van der Waals surface area contributed by atoms with E-state index in [-0.39, 0.29) is 38.9 Å². The van der Waals surface area contributed by atoms with Crippen LogP contribution in [0.4, 0.5) is 13.2 Å². The van der Waals surface area contributed by atoms with Crippen molar-refractivity contribution in [3.05, 3.63) is 278 Å². The summed E-state index contributed by atoms with van der Waals surface area (Å²) in [4.78, 5) is 0. The molecule has 0 fully saturated rings. The summed E-state index contributed by atoms with van der Waals surface area (Å²) in [5.74, 6) is 2.00. The number of benzene rings is 8. The van der Waals surface area contributed by atoms with Gasteiger partial charge in [-0.15, -0.1) is 0 Å². The molecule has 0 spiro atoms. The molecular weight excluding hydrogens is 1340 g/mol. The van der Waals surface area contributed by atoms with Gasteiger partial charge in [0.15, 0.2) is 0 Å². The Labute approximate surface area is 678 Å². The quantitative estimate of drug-likeness (QED) is 0.149. The van der Waals surface area contributed by atoms with E-state index in [0.717, 1.165) is 29.0 Å². The van der Waals surface area contributed by atoms with Gasteiger partial charge in [0.2, 0.25) is 0 Å². The number of alkyl halides is 3. The van der Waals surface area contributed by atoms with E-state index in [1.165, 1.54) is 148 Å². The van der Waals surface area contributed by atoms with Gasteiger partial charge in [-0.25, -0.2) is 0 Å². The van der Waals surface area contributed by atoms with E-state index in [1.54, 1.807) is 6.07 Å². The van der Waals surface area contributed by atoms with Crippen LogP contribution in [0.15, 0.2) is 133 Å². The second-order valence-electron chi connectivity index (χ2n) is 41.6. The molecule has 8 aromatic rings. The number of hydrogen-bond acceptors (Lipinski definition) is 0. The Morgan fingerprint density at radius 3 is 0.864 bits per heavy atom. The van der Waals surface area contributed by atoms with Crippen molar-refractivity contribution in [3.8, 4) is 0 Å². The van der Waals surface area contributed by atoms with Crippen LogP contribution in [-0.4, -0.2) is 6.18 Å². The van der Waals surface area contributed by atoms with Crippen molar-refractivity contribution in [2.75, 3.05) is 0 Å². The molecule has 0 amide bonds. The van der Waals surface area contributed by atoms with Gasteiger partial charge in [0.1, 0.15) is 0 Å². The highest BCUT2D eigenvalue weighted by Crippen LogP contribution is 2.42. The van der Waals surface area contributed by atoms with Gasteiger partial charge in [-0.05, 0) is 318 Å². The highest BCUT2D eigenvalue weighted by atomic mass is 19.4. The van der Waals surface area contributed by atoms with Crippen molar-refractivity contribution in [1.29, 1.82) is 0 Å². The second kappa shape index (κ2) is 41.5. The van der Waals surface area contributed by atoms with Gasteiger partial charge in [-0.1, -0.05) is 340 Å². The van der Waals surface area contributed by atoms with Crippen LogP contribution >= 0.6 is 0 Å². The van der Waals surface area contributed by atoms with Crippen molar-refractivity contribution >= 4 is 0 Å². The van der Waals surface area contributed by atoms with Crippen molar-refractivity contribution in [2.24, 2.45) is 16.7 Å². The van der Waals surface area contributed by atoms with Gasteiger partial charge < -0.3 is 0 Å². The van der Waals surface area contributed by atoms with E-state index in [9.17, 15) is 13.2 Å². The summed E-state index contributed by atoms with van der Waals surface area (Å²) in [5.41, 5.74) is 35.7. The molecule has 110 heavy (non-hydrogen) atoms. The Kier molecular flexibility index (Phi) is 38.4. The molecule has 0 aliphatic rings. The fourth-order valence-electron chi connectivity index (χ4n) is 13.7. The Morgan fingerprint density at radius 2 is 0.555 bits per heavy atom. The smallest absolute Gasteiger partial charge is 0.171 e. The lowest BCUT2D eigenvalue weighted by Crippen LogP contribution is -2.34. The molecule has 0 heterocycles. The maximum atomic E-state index is 12.9. The number of aryl methyl sites for hydroxylation is 12. The van der Waals surface area contributed by atoms with E-state index >= 15 is 0 Å². The Morgan fingerprint density at radius 1 is 0.264 bits per heavy atom. The molecule has 0 N–H and O–H groups in total. The predicted octanol–water partition coefficient (Wildman–Crippen LogP) is 33.1. The Bertz CT molecular complexity index is 4080. The molecule has 0 unspecified atom stereocenters. The lowest BCUT2D eigenvalue weighted by Gasteiger charge is -2.29. The summed E-state index contributed by atoms with van der Waals surface area (Å²) >= 11 is 0. The van der Waals surface area contributed by atoms with Crippen LogP contribution < -0.4 is 0 Å². The molecule has 8 aromatic carbocycles. The largest absolute Gasteiger partial charge is 0.394 e. The SMILES string of the molecule is Cc1cc(C(C)C)cc(C)c1C.Cc1cc(C)c(C)c(C)c1.Cc1ccc(C(C)(C)C)cc1C(C)(C)C.Cc1ccc(C(C)C)cc1C(C)(C)C.Cc1ccc(CC(C)(C)C(F)(F)F)cc1C(C)(C)C.Cc1ccc(CC(C)(C)C)cc1C(C)(C)C.Cc1ccc(CC(C)C)cc1C(C)(C)C.Cc1cccc(C)c1C. The summed E-state index contributed by atoms with van der Waals surface area (Å²) in [5, 5.41) is 0. The maximum absolute atomic E-state index is 12.9. The molecule has 0 aromatic heterocycles. The molecule has 0 radical (unpaired) electrons. The van der Waals surface area contributed by atoms with Crippen LogP contribution in [0, 0.1) is 121 Å². The molecular formula is C107H163F3. The minimum atomic E-state index is -4.18. The monoisotopic (exact) mass is 1510 g/mol. The third kappa shape index (κ3) is 34.9. The zero-order chi connectivity index (χ0) is 85.9. The van der Waals surface area contributed by atoms with Crippen molar-refractivity contribution in [2.45, 2.75) is 374 Å². The summed E-state index contributed by atoms with van der Waals surface area (Å²) in [6.45, 7) is 95.8. The fourth-order valence-corrected chi connectivity index (χ4v) is 13.7. The Balaban J connectivity index is 0.000000634. The molecule has 0 saturated carbocycles. The van der Waals surface area contributed by atoms with Crippen LogP contribution in [0.3, 0.4) is 0 Å². The van der Waals surface area contributed by atoms with Gasteiger partial charge in [0.05, 0.1) is 5.41 Å². The number of rotatable bonds is 7. The first-order valence-corrected chi connectivity index (χ1v) is 41.3. The summed E-state index contributed by atoms with van der Waals surface area (Å²) < 4.78 is 38.8. The molecule has 3 heteroatoms. The standard InChI is InChI=1S/C16H23F3.C16H26.2C15H24.C14H22.C12H18.C10H14.C9H12/c1-11-7-8-12(9-13(11)14(2,3)4)10-15(5,6)16(17,18)19;1-12-8-9-13(11-15(2,3)4)10-14(12)16(5,6)7;1-11-8-9-12(14(2,3)4)10-13(11)15(5,6)7;1-11(2)9-13-8-7-12(3)14(10-13)15(4,5)6;1-10(2)12-8-7-11(3)13(9-12)14(4,5)6;1-8(2)12-6-9(3)11(5)10(4)7-12;1-7-5-8(2)10(4)9(3)6-7;1-7-5-4-6-8(2)9(7)3/h7-9H,10H2,1-6H3;8-10H,11H2,1-7H3;8-10H,1-7H3;7-8,10-11H,9H2,1-6H3;7-10H,1-6H3;6-8H,1-5H3;5-6H,1-4H3;4-6H,1-3H3. The molecule has 0 nitrogen and oxygen atoms in total. The fraction of sp³-hybridized carbons (Fsp3) is 0.551. The van der Waals surface area contributed by atoms with Gasteiger partial charge in [-0.3, -0.25) is 0 Å². The lowest BCUT2D eigenvalue weighted by molar-refractivity contribution is -0.211. The van der Waals surface area contributed by atoms with Crippen LogP contribution in [0.5, 0.6) is 0 Å². The van der Waals surface area contributed by atoms with Gasteiger partial charge in [0, 0.05) is 0 Å². The minimum absolute atomic E-state index is 0.0138. The van der Waals surface area contributed by atoms with E-state index in [2.05, 4.69) is 399 Å². The number of halogens is 3. The highest BCUT2D eigenvalue weighted by molar-refractivity contribution is 5.43. The molecule has 0 atom stereocenters. The highest BCUT2D eigenvalue weighted by Gasteiger charge is 2.47. The van der Waals surface area contributed by atoms with Crippen LogP contribution in [0.1, 0.15) is 357 Å². The molecule has 8 rings (SSSR count). The first kappa shape index (κ1) is 102. The molecule has 0 aliphatic carbocycles. The average molecular weight is 1510 g/mol. The van der Waals surface area contributed by atoms with E-state index in [1.807, 2.05) is 19.1 Å². The minimum Gasteiger partial charge on any atom is -0.171 e. The normalized spacial score (nSPS) is 12.1. The number of hydrogen-bond donors (Lipinski definition) is 0.